The van der Waals surface area contributed by atoms with Crippen LogP contribution in [0, 0.1) is 5.41 Å². The number of halogens is 1. The lowest BCUT2D eigenvalue weighted by molar-refractivity contribution is -0.151. The quantitative estimate of drug-likeness (QED) is 0.682. The van der Waals surface area contributed by atoms with Gasteiger partial charge in [-0.25, -0.2) is 4.79 Å². The first-order valence-electron chi connectivity index (χ1n) is 5.34. The van der Waals surface area contributed by atoms with Crippen LogP contribution in [0.25, 0.3) is 0 Å². The second-order valence-electron chi connectivity index (χ2n) is 4.64. The molecule has 0 aromatic heterocycles. The molecule has 2 fully saturated rings. The van der Waals surface area contributed by atoms with Gasteiger partial charge in [0, 0.05) is 14.1 Å². The highest BCUT2D eigenvalue weighted by Gasteiger charge is 2.59. The van der Waals surface area contributed by atoms with Crippen LogP contribution in [0.4, 0.5) is 4.79 Å². The molecule has 5 nitrogen and oxygen atoms in total. The van der Waals surface area contributed by atoms with E-state index in [2.05, 4.69) is 15.9 Å². The topological polar surface area (TPSA) is 49.9 Å². The normalized spacial score (nSPS) is 36.4. The van der Waals surface area contributed by atoms with Crippen LogP contribution in [0.2, 0.25) is 0 Å². The van der Waals surface area contributed by atoms with Crippen molar-refractivity contribution in [1.29, 1.82) is 0 Å². The van der Waals surface area contributed by atoms with Crippen molar-refractivity contribution in [2.45, 2.75) is 20.1 Å². The first-order valence-corrected chi connectivity index (χ1v) is 6.13. The largest absolute Gasteiger partial charge is 0.352 e. The Hall–Kier alpha value is -0.880. The van der Waals surface area contributed by atoms with Gasteiger partial charge in [-0.15, -0.1) is 0 Å². The molecule has 2 aliphatic heterocycles. The van der Waals surface area contributed by atoms with E-state index in [-0.39, 0.29) is 11.9 Å². The molecule has 2 saturated heterocycles. The van der Waals surface area contributed by atoms with Gasteiger partial charge in [0.05, 0.1) is 6.61 Å². The van der Waals surface area contributed by atoms with Crippen LogP contribution < -0.4 is 0 Å². The molecular weight excluding hydrogens is 288 g/mol. The number of ether oxygens (including phenoxy) is 1. The van der Waals surface area contributed by atoms with Crippen molar-refractivity contribution >= 4 is 27.9 Å². The van der Waals surface area contributed by atoms with Gasteiger partial charge in [0.15, 0.2) is 6.23 Å². The van der Waals surface area contributed by atoms with Gasteiger partial charge in [-0.3, -0.25) is 14.6 Å². The third kappa shape index (κ3) is 1.47. The lowest BCUT2D eigenvalue weighted by Crippen LogP contribution is -2.63. The predicted molar refractivity (Wildman–Crippen MR) is 65.4 cm³/mol. The Kier molecular flexibility index (Phi) is 2.82. The van der Waals surface area contributed by atoms with Crippen LogP contribution in [0.5, 0.6) is 0 Å². The average molecular weight is 303 g/mol. The van der Waals surface area contributed by atoms with Crippen LogP contribution in [-0.4, -0.2) is 48.7 Å². The Morgan fingerprint density at radius 3 is 2.59 bits per heavy atom. The molecular formula is C11H15BrN2O3. The zero-order valence-corrected chi connectivity index (χ0v) is 11.9. The van der Waals surface area contributed by atoms with Gasteiger partial charge in [0.25, 0.3) is 0 Å². The minimum Gasteiger partial charge on any atom is -0.352 e. The van der Waals surface area contributed by atoms with E-state index in [9.17, 15) is 9.59 Å². The van der Waals surface area contributed by atoms with Crippen molar-refractivity contribution in [2.75, 3.05) is 20.7 Å². The molecule has 2 atom stereocenters. The summed E-state index contributed by atoms with van der Waals surface area (Å²) in [5, 5.41) is 0. The smallest absolute Gasteiger partial charge is 0.328 e. The Morgan fingerprint density at radius 1 is 1.47 bits per heavy atom. The summed E-state index contributed by atoms with van der Waals surface area (Å²) in [7, 11) is 3.16. The minimum atomic E-state index is -0.787. The van der Waals surface area contributed by atoms with E-state index in [0.29, 0.717) is 6.61 Å². The fourth-order valence-corrected chi connectivity index (χ4v) is 3.12. The van der Waals surface area contributed by atoms with E-state index in [1.165, 1.54) is 11.9 Å². The van der Waals surface area contributed by atoms with Gasteiger partial charge in [0.2, 0.25) is 5.91 Å². The summed E-state index contributed by atoms with van der Waals surface area (Å²) in [5.74, 6) is -0.211. The predicted octanol–water partition coefficient (Wildman–Crippen LogP) is 1.54. The van der Waals surface area contributed by atoms with Gasteiger partial charge in [0.1, 0.15) is 5.41 Å². The number of carbonyl (C=O) groups is 2. The summed E-state index contributed by atoms with van der Waals surface area (Å²) in [4.78, 5) is 26.8. The Morgan fingerprint density at radius 2 is 2.06 bits per heavy atom. The van der Waals surface area contributed by atoms with Crippen molar-refractivity contribution in [3.8, 4) is 0 Å². The molecule has 2 heterocycles. The maximum absolute atomic E-state index is 12.3. The molecule has 0 radical (unpaired) electrons. The summed E-state index contributed by atoms with van der Waals surface area (Å²) in [6.07, 6.45) is -0.513. The molecule has 0 aromatic rings. The standard InChI is InChI=1S/C11H15BrN2O3/c1-6(12)7-5-17-9-11(7,2)8(15)13(3)10(16)14(9)4/h9H,5H2,1-4H3/b7-6+/t9-,11-/m0/s1. The summed E-state index contributed by atoms with van der Waals surface area (Å²) >= 11 is 3.41. The molecule has 0 unspecified atom stereocenters. The highest BCUT2D eigenvalue weighted by Crippen LogP contribution is 2.46. The van der Waals surface area contributed by atoms with Crippen LogP contribution >= 0.6 is 15.9 Å². The van der Waals surface area contributed by atoms with Crippen molar-refractivity contribution in [2.24, 2.45) is 5.41 Å². The average Bonchev–Trinajstić information content (AvgIpc) is 2.63. The molecule has 17 heavy (non-hydrogen) atoms. The van der Waals surface area contributed by atoms with Gasteiger partial charge in [-0.2, -0.15) is 0 Å². The molecule has 0 aromatic carbocycles. The van der Waals surface area contributed by atoms with E-state index in [0.717, 1.165) is 15.0 Å². The third-order valence-corrected chi connectivity index (χ3v) is 4.09. The number of amides is 3. The number of rotatable bonds is 0. The third-order valence-electron chi connectivity index (χ3n) is 3.61. The number of imide groups is 1. The molecule has 0 spiro atoms. The molecule has 2 aliphatic rings. The van der Waals surface area contributed by atoms with Crippen molar-refractivity contribution in [3.63, 3.8) is 0 Å². The van der Waals surface area contributed by atoms with Crippen molar-refractivity contribution < 1.29 is 14.3 Å². The Balaban J connectivity index is 2.56. The van der Waals surface area contributed by atoms with Crippen LogP contribution in [0.3, 0.4) is 0 Å². The van der Waals surface area contributed by atoms with Crippen LogP contribution in [-0.2, 0) is 9.53 Å². The number of nitrogens with zero attached hydrogens (tertiary/aromatic N) is 2. The number of allylic oxidation sites excluding steroid dienone is 1. The summed E-state index contributed by atoms with van der Waals surface area (Å²) in [5.41, 5.74) is 0.115. The number of urea groups is 1. The number of fused-ring (bicyclic) bond motifs is 1. The van der Waals surface area contributed by atoms with Crippen molar-refractivity contribution in [3.05, 3.63) is 10.1 Å². The highest BCUT2D eigenvalue weighted by molar-refractivity contribution is 9.11. The number of hydrogen-bond donors (Lipinski definition) is 0. The molecule has 0 aliphatic carbocycles. The van der Waals surface area contributed by atoms with E-state index < -0.39 is 11.6 Å². The number of carbonyl (C=O) groups excluding carboxylic acids is 2. The zero-order valence-electron chi connectivity index (χ0n) is 10.3. The molecule has 2 rings (SSSR count). The maximum atomic E-state index is 12.3. The SMILES string of the molecule is C/C(Br)=C1/CO[C@@H]2N(C)C(=O)N(C)C(=O)[C@]12C. The van der Waals surface area contributed by atoms with Crippen LogP contribution in [0.1, 0.15) is 13.8 Å². The molecule has 0 bridgehead atoms. The van der Waals surface area contributed by atoms with E-state index >= 15 is 0 Å². The van der Waals surface area contributed by atoms with Crippen molar-refractivity contribution in [1.82, 2.24) is 9.80 Å². The lowest BCUT2D eigenvalue weighted by atomic mass is 9.79. The Labute approximate surface area is 109 Å². The minimum absolute atomic E-state index is 0.211. The fraction of sp³-hybridized carbons (Fsp3) is 0.636. The summed E-state index contributed by atoms with van der Waals surface area (Å²) in [6, 6.07) is -0.328. The van der Waals surface area contributed by atoms with Gasteiger partial charge in [-0.1, -0.05) is 15.9 Å². The zero-order chi connectivity index (χ0) is 13.0. The second kappa shape index (κ2) is 3.81. The fourth-order valence-electron chi connectivity index (χ4n) is 2.59. The maximum Gasteiger partial charge on any atom is 0.328 e. The van der Waals surface area contributed by atoms with Crippen LogP contribution in [0.15, 0.2) is 10.1 Å². The summed E-state index contributed by atoms with van der Waals surface area (Å²) < 4.78 is 6.50. The van der Waals surface area contributed by atoms with E-state index in [1.54, 1.807) is 7.05 Å². The molecule has 0 saturated carbocycles. The Bertz CT molecular complexity index is 430. The van der Waals surface area contributed by atoms with E-state index in [1.807, 2.05) is 13.8 Å². The molecule has 94 valence electrons. The molecule has 0 N–H and O–H groups in total. The second-order valence-corrected chi connectivity index (χ2v) is 5.82. The summed E-state index contributed by atoms with van der Waals surface area (Å²) in [6.45, 7) is 4.08. The van der Waals surface area contributed by atoms with Gasteiger partial charge < -0.3 is 4.74 Å². The number of hydrogen-bond acceptors (Lipinski definition) is 3. The highest BCUT2D eigenvalue weighted by atomic mass is 79.9. The first kappa shape index (κ1) is 12.6. The molecule has 3 amide bonds. The first-order chi connectivity index (χ1) is 7.81. The molecule has 6 heteroatoms. The monoisotopic (exact) mass is 302 g/mol. The van der Waals surface area contributed by atoms with E-state index in [4.69, 9.17) is 4.74 Å². The lowest BCUT2D eigenvalue weighted by Gasteiger charge is -2.43. The van der Waals surface area contributed by atoms with Gasteiger partial charge >= 0.3 is 6.03 Å². The van der Waals surface area contributed by atoms with Gasteiger partial charge in [-0.05, 0) is 23.9 Å².